The van der Waals surface area contributed by atoms with Gasteiger partial charge in [0.2, 0.25) is 0 Å². The van der Waals surface area contributed by atoms with Crippen molar-refractivity contribution in [3.63, 3.8) is 0 Å². The van der Waals surface area contributed by atoms with Crippen LogP contribution in [0.25, 0.3) is 0 Å². The van der Waals surface area contributed by atoms with Gasteiger partial charge in [-0.05, 0) is 38.2 Å². The summed E-state index contributed by atoms with van der Waals surface area (Å²) in [6.45, 7) is 2.07. The summed E-state index contributed by atoms with van der Waals surface area (Å²) >= 11 is 3.71. The van der Waals surface area contributed by atoms with E-state index in [1.165, 1.54) is 30.0 Å². The molecule has 0 radical (unpaired) electrons. The van der Waals surface area contributed by atoms with Crippen LogP contribution in [-0.4, -0.2) is 23.0 Å². The topological polar surface area (TPSA) is 24.9 Å². The average molecular weight is 242 g/mol. The number of thiazole rings is 1. The first kappa shape index (κ1) is 11.4. The Hall–Kier alpha value is -0.0600. The van der Waals surface area contributed by atoms with E-state index in [1.54, 1.807) is 11.3 Å². The summed E-state index contributed by atoms with van der Waals surface area (Å²) in [7, 11) is 0. The zero-order chi connectivity index (χ0) is 10.7. The smallest absolute Gasteiger partial charge is 0.110 e. The van der Waals surface area contributed by atoms with Gasteiger partial charge in [0, 0.05) is 17.1 Å². The molecule has 15 heavy (non-hydrogen) atoms. The molecule has 1 heterocycles. The van der Waals surface area contributed by atoms with Crippen molar-refractivity contribution in [2.45, 2.75) is 38.3 Å². The van der Waals surface area contributed by atoms with Crippen molar-refractivity contribution < 1.29 is 0 Å². The fourth-order valence-electron chi connectivity index (χ4n) is 1.58. The summed E-state index contributed by atoms with van der Waals surface area (Å²) in [4.78, 5) is 4.59. The second kappa shape index (κ2) is 5.32. The molecule has 1 N–H and O–H groups in total. The van der Waals surface area contributed by atoms with Crippen molar-refractivity contribution in [2.24, 2.45) is 0 Å². The highest BCUT2D eigenvalue weighted by Crippen LogP contribution is 2.28. The van der Waals surface area contributed by atoms with Crippen molar-refractivity contribution in [1.82, 2.24) is 10.3 Å². The van der Waals surface area contributed by atoms with E-state index in [2.05, 4.69) is 28.9 Å². The highest BCUT2D eigenvalue weighted by atomic mass is 32.2. The van der Waals surface area contributed by atoms with Gasteiger partial charge in [-0.15, -0.1) is 11.3 Å². The number of aromatic nitrogens is 1. The van der Waals surface area contributed by atoms with E-state index < -0.39 is 0 Å². The highest BCUT2D eigenvalue weighted by molar-refractivity contribution is 7.98. The third-order valence-corrected chi connectivity index (χ3v) is 4.28. The predicted molar refractivity (Wildman–Crippen MR) is 68.7 cm³/mol. The van der Waals surface area contributed by atoms with Gasteiger partial charge in [0.05, 0.1) is 6.04 Å². The second-order valence-corrected chi connectivity index (χ2v) is 5.98. The minimum absolute atomic E-state index is 0.489. The maximum Gasteiger partial charge on any atom is 0.110 e. The SMILES string of the molecule is CSCCC(NC1CC1)c1nc(C)cs1. The van der Waals surface area contributed by atoms with Crippen molar-refractivity contribution in [3.05, 3.63) is 16.1 Å². The standard InChI is InChI=1S/C11H18N2S2/c1-8-7-15-11(12-8)10(5-6-14-2)13-9-3-4-9/h7,9-10,13H,3-6H2,1-2H3. The van der Waals surface area contributed by atoms with Crippen LogP contribution >= 0.6 is 23.1 Å². The maximum absolute atomic E-state index is 4.59. The van der Waals surface area contributed by atoms with E-state index in [0.717, 1.165) is 11.7 Å². The molecule has 1 atom stereocenters. The molecule has 0 aromatic carbocycles. The number of nitrogens with zero attached hydrogens (tertiary/aromatic N) is 1. The van der Waals surface area contributed by atoms with Crippen LogP contribution in [0.3, 0.4) is 0 Å². The Kier molecular flexibility index (Phi) is 4.05. The van der Waals surface area contributed by atoms with E-state index in [4.69, 9.17) is 0 Å². The van der Waals surface area contributed by atoms with Gasteiger partial charge in [-0.1, -0.05) is 0 Å². The Morgan fingerprint density at radius 2 is 2.47 bits per heavy atom. The summed E-state index contributed by atoms with van der Waals surface area (Å²) in [5.74, 6) is 1.21. The molecule has 1 saturated carbocycles. The molecule has 4 heteroatoms. The van der Waals surface area contributed by atoms with Crippen LogP contribution in [0, 0.1) is 6.92 Å². The fraction of sp³-hybridized carbons (Fsp3) is 0.727. The monoisotopic (exact) mass is 242 g/mol. The first-order chi connectivity index (χ1) is 7.29. The molecule has 1 unspecified atom stereocenters. The molecule has 1 aromatic heterocycles. The van der Waals surface area contributed by atoms with Gasteiger partial charge in [-0.2, -0.15) is 11.8 Å². The maximum atomic E-state index is 4.59. The second-order valence-electron chi connectivity index (χ2n) is 4.10. The number of hydrogen-bond donors (Lipinski definition) is 1. The number of rotatable bonds is 6. The Bertz CT molecular complexity index is 307. The normalized spacial score (nSPS) is 18.0. The first-order valence-corrected chi connectivity index (χ1v) is 7.74. The molecular formula is C11H18N2S2. The molecular weight excluding hydrogens is 224 g/mol. The van der Waals surface area contributed by atoms with E-state index in [9.17, 15) is 0 Å². The lowest BCUT2D eigenvalue weighted by atomic mass is 10.2. The summed E-state index contributed by atoms with van der Waals surface area (Å²) < 4.78 is 0. The van der Waals surface area contributed by atoms with Crippen LogP contribution in [0.4, 0.5) is 0 Å². The van der Waals surface area contributed by atoms with Gasteiger partial charge in [-0.3, -0.25) is 0 Å². The molecule has 0 bridgehead atoms. The highest BCUT2D eigenvalue weighted by Gasteiger charge is 2.26. The van der Waals surface area contributed by atoms with Gasteiger partial charge in [-0.25, -0.2) is 4.98 Å². The molecule has 2 nitrogen and oxygen atoms in total. The Labute approximate surface area is 99.9 Å². The van der Waals surface area contributed by atoms with Crippen LogP contribution in [0.15, 0.2) is 5.38 Å². The number of hydrogen-bond acceptors (Lipinski definition) is 4. The summed E-state index contributed by atoms with van der Waals surface area (Å²) in [5.41, 5.74) is 1.15. The lowest BCUT2D eigenvalue weighted by molar-refractivity contribution is 0.517. The lowest BCUT2D eigenvalue weighted by Crippen LogP contribution is -2.23. The Balaban J connectivity index is 1.96. The Morgan fingerprint density at radius 1 is 1.67 bits per heavy atom. The van der Waals surface area contributed by atoms with Crippen LogP contribution < -0.4 is 5.32 Å². The summed E-state index contributed by atoms with van der Waals surface area (Å²) in [6.07, 6.45) is 6.06. The lowest BCUT2D eigenvalue weighted by Gasteiger charge is -2.15. The third-order valence-electron chi connectivity index (χ3n) is 2.56. The zero-order valence-electron chi connectivity index (χ0n) is 9.32. The van der Waals surface area contributed by atoms with Crippen molar-refractivity contribution >= 4 is 23.1 Å². The minimum Gasteiger partial charge on any atom is -0.305 e. The molecule has 84 valence electrons. The van der Waals surface area contributed by atoms with E-state index in [1.807, 2.05) is 11.8 Å². The summed E-state index contributed by atoms with van der Waals surface area (Å²) in [6, 6.07) is 1.25. The van der Waals surface area contributed by atoms with Crippen LogP contribution in [0.5, 0.6) is 0 Å². The van der Waals surface area contributed by atoms with Crippen molar-refractivity contribution in [1.29, 1.82) is 0 Å². The van der Waals surface area contributed by atoms with Crippen LogP contribution in [-0.2, 0) is 0 Å². The van der Waals surface area contributed by atoms with Gasteiger partial charge in [0.15, 0.2) is 0 Å². The van der Waals surface area contributed by atoms with Crippen LogP contribution in [0.1, 0.15) is 36.0 Å². The van der Waals surface area contributed by atoms with Gasteiger partial charge >= 0.3 is 0 Å². The molecule has 1 fully saturated rings. The predicted octanol–water partition coefficient (Wildman–Crippen LogP) is 3.00. The van der Waals surface area contributed by atoms with E-state index in [-0.39, 0.29) is 0 Å². The molecule has 2 rings (SSSR count). The molecule has 1 aliphatic rings. The molecule has 0 aliphatic heterocycles. The largest absolute Gasteiger partial charge is 0.305 e. The molecule has 0 amide bonds. The fourth-order valence-corrected chi connectivity index (χ4v) is 2.94. The third kappa shape index (κ3) is 3.47. The first-order valence-electron chi connectivity index (χ1n) is 5.46. The minimum atomic E-state index is 0.489. The quantitative estimate of drug-likeness (QED) is 0.830. The summed E-state index contributed by atoms with van der Waals surface area (Å²) in [5, 5.41) is 7.11. The molecule has 0 saturated heterocycles. The number of thioether (sulfide) groups is 1. The van der Waals surface area contributed by atoms with Crippen molar-refractivity contribution in [2.75, 3.05) is 12.0 Å². The van der Waals surface area contributed by atoms with Crippen molar-refractivity contribution in [3.8, 4) is 0 Å². The van der Waals surface area contributed by atoms with Gasteiger partial charge in [0.25, 0.3) is 0 Å². The number of nitrogens with one attached hydrogen (secondary N) is 1. The van der Waals surface area contributed by atoms with E-state index >= 15 is 0 Å². The zero-order valence-corrected chi connectivity index (χ0v) is 11.0. The van der Waals surface area contributed by atoms with Gasteiger partial charge < -0.3 is 5.32 Å². The van der Waals surface area contributed by atoms with Crippen LogP contribution in [0.2, 0.25) is 0 Å². The average Bonchev–Trinajstić information content (AvgIpc) is 2.94. The number of aryl methyl sites for hydroxylation is 1. The van der Waals surface area contributed by atoms with E-state index in [0.29, 0.717) is 6.04 Å². The Morgan fingerprint density at radius 3 is 3.00 bits per heavy atom. The molecule has 0 spiro atoms. The molecule has 1 aromatic rings. The van der Waals surface area contributed by atoms with Gasteiger partial charge in [0.1, 0.15) is 5.01 Å². The molecule has 1 aliphatic carbocycles.